The van der Waals surface area contributed by atoms with Crippen molar-refractivity contribution < 1.29 is 4.57 Å². The van der Waals surface area contributed by atoms with Crippen LogP contribution in [0, 0.1) is 0 Å². The van der Waals surface area contributed by atoms with E-state index in [2.05, 4.69) is 61.1 Å². The van der Waals surface area contributed by atoms with Gasteiger partial charge in [-0.2, -0.15) is 0 Å². The van der Waals surface area contributed by atoms with Crippen molar-refractivity contribution in [3.63, 3.8) is 0 Å². The molecule has 0 amide bonds. The third kappa shape index (κ3) is 3.82. The topological polar surface area (TPSA) is 3.88 Å². The molecule has 1 saturated heterocycles. The first-order valence-electron chi connectivity index (χ1n) is 9.16. The Morgan fingerprint density at radius 2 is 1.58 bits per heavy atom. The van der Waals surface area contributed by atoms with E-state index in [1.165, 1.54) is 16.7 Å². The maximum atomic E-state index is 6.25. The van der Waals surface area contributed by atoms with Gasteiger partial charge in [0.15, 0.2) is 6.20 Å². The largest absolute Gasteiger partial charge is 0.256 e. The lowest BCUT2D eigenvalue weighted by molar-refractivity contribution is -0.654. The zero-order valence-corrected chi connectivity index (χ0v) is 15.5. The van der Waals surface area contributed by atoms with Crippen LogP contribution in [-0.4, -0.2) is 71.0 Å². The molecule has 11 heteroatoms. The Balaban J connectivity index is 1.92. The fourth-order valence-corrected chi connectivity index (χ4v) is 4.31. The van der Waals surface area contributed by atoms with Crippen molar-refractivity contribution in [3.05, 3.63) is 48.7 Å². The minimum Gasteiger partial charge on any atom is -0.215 e. The molecule has 0 aliphatic carbocycles. The summed E-state index contributed by atoms with van der Waals surface area (Å²) in [6.45, 7) is 2.44. The lowest BCUT2D eigenvalue weighted by Gasteiger charge is -2.26. The van der Waals surface area contributed by atoms with E-state index in [1.54, 1.807) is 0 Å². The van der Waals surface area contributed by atoms with Crippen LogP contribution in [0.2, 0.25) is 11.5 Å². The van der Waals surface area contributed by atoms with Gasteiger partial charge in [-0.15, -0.1) is 0 Å². The van der Waals surface area contributed by atoms with E-state index in [4.69, 9.17) is 38.7 Å². The van der Waals surface area contributed by atoms with Crippen molar-refractivity contribution in [2.45, 2.75) is 18.5 Å². The quantitative estimate of drug-likeness (QED) is 0.462. The molecule has 2 unspecified atom stereocenters. The fraction of sp³-hybridized carbons (Fsp3) is 0.267. The summed E-state index contributed by atoms with van der Waals surface area (Å²) in [7, 11) is 32.1. The second kappa shape index (κ2) is 7.95. The summed E-state index contributed by atoms with van der Waals surface area (Å²) in [6.07, 6.45) is 0.508. The monoisotopic (exact) mass is 320 g/mol. The molecule has 2 atom stereocenters. The van der Waals surface area contributed by atoms with Gasteiger partial charge >= 0.3 is 0 Å². The second-order valence-corrected chi connectivity index (χ2v) is 7.59. The van der Waals surface area contributed by atoms with E-state index in [-0.39, 0.29) is 12.2 Å². The molecule has 110 valence electrons. The van der Waals surface area contributed by atoms with Crippen LogP contribution in [0.3, 0.4) is 0 Å². The predicted molar refractivity (Wildman–Crippen MR) is 123 cm³/mol. The molecule has 0 bridgehead atoms. The summed E-state index contributed by atoms with van der Waals surface area (Å²) in [6, 6.07) is 14.8. The molecule has 2 heterocycles. The molecule has 2 aromatic rings. The molecule has 1 fully saturated rings. The van der Waals surface area contributed by atoms with Gasteiger partial charge in [0.05, 0.1) is 0 Å². The Kier molecular flexibility index (Phi) is 6.04. The highest BCUT2D eigenvalue weighted by molar-refractivity contribution is 7.92. The zero-order valence-electron chi connectivity index (χ0n) is 15.5. The number of hydrogen-bond acceptors (Lipinski definition) is 0. The zero-order chi connectivity index (χ0) is 19.0. The Bertz CT molecular complexity index is 755. The summed E-state index contributed by atoms with van der Waals surface area (Å²) in [5.74, 6) is 0.427. The molecule has 0 spiro atoms. The molecule has 1 aromatic heterocycles. The Labute approximate surface area is 166 Å². The number of pyridine rings is 1. The van der Waals surface area contributed by atoms with Crippen molar-refractivity contribution in [2.24, 2.45) is 7.05 Å². The van der Waals surface area contributed by atoms with Gasteiger partial charge in [0.25, 0.3) is 6.71 Å². The molecule has 10 radical (unpaired) electrons. The molecule has 0 saturated carbocycles. The first-order valence-corrected chi connectivity index (χ1v) is 9.16. The fourth-order valence-electron chi connectivity index (χ4n) is 4.31. The highest BCUT2D eigenvalue weighted by Gasteiger charge is 2.60. The third-order valence-corrected chi connectivity index (χ3v) is 5.86. The van der Waals surface area contributed by atoms with Gasteiger partial charge in [0, 0.05) is 76.5 Å². The van der Waals surface area contributed by atoms with Gasteiger partial charge in [0.2, 0.25) is 0 Å². The molecule has 1 nitrogen and oxygen atoms in total. The molecular weight excluding hydrogens is 302 g/mol. The van der Waals surface area contributed by atoms with Crippen molar-refractivity contribution in [1.82, 2.24) is 0 Å². The van der Waals surface area contributed by atoms with Gasteiger partial charge in [-0.25, -0.2) is 4.57 Å². The molecule has 1 aliphatic heterocycles. The van der Waals surface area contributed by atoms with Crippen molar-refractivity contribution in [2.75, 3.05) is 0 Å². The molecule has 1 aliphatic rings. The second-order valence-electron chi connectivity index (χ2n) is 7.59. The van der Waals surface area contributed by atoms with Crippen LogP contribution in [0.15, 0.2) is 48.7 Å². The molecule has 1 aromatic carbocycles. The first kappa shape index (κ1) is 19.8. The van der Waals surface area contributed by atoms with Crippen LogP contribution in [0.5, 0.6) is 0 Å². The van der Waals surface area contributed by atoms with Gasteiger partial charge < -0.3 is 0 Å². The average Bonchev–Trinajstić information content (AvgIpc) is 3.25. The lowest BCUT2D eigenvalue weighted by atomic mass is 8.62. The Hall–Kier alpha value is -0.981. The number of hydrogen-bond donors (Lipinski definition) is 0. The first-order chi connectivity index (χ1) is 12.3. The van der Waals surface area contributed by atoms with E-state index in [1.807, 2.05) is 6.07 Å². The summed E-state index contributed by atoms with van der Waals surface area (Å²) in [5.41, 5.74) is 3.93. The minimum absolute atomic E-state index is 0.115. The Morgan fingerprint density at radius 1 is 0.923 bits per heavy atom. The van der Waals surface area contributed by atoms with Crippen molar-refractivity contribution in [1.29, 1.82) is 0 Å². The van der Waals surface area contributed by atoms with E-state index in [0.717, 1.165) is 0 Å². The minimum atomic E-state index is -0.632. The highest BCUT2D eigenvalue weighted by Crippen LogP contribution is 2.50. The summed E-state index contributed by atoms with van der Waals surface area (Å²) >= 11 is 0. The third-order valence-electron chi connectivity index (χ3n) is 5.86. The molecule has 3 rings (SSSR count). The lowest BCUT2D eigenvalue weighted by Crippen LogP contribution is -2.61. The van der Waals surface area contributed by atoms with Crippen LogP contribution < -0.4 is 10.2 Å². The molecule has 26 heavy (non-hydrogen) atoms. The number of aryl methyl sites for hydroxylation is 1. The van der Waals surface area contributed by atoms with Gasteiger partial charge in [0.1, 0.15) is 12.6 Å². The van der Waals surface area contributed by atoms with Crippen LogP contribution >= 0.6 is 0 Å². The van der Waals surface area contributed by atoms with E-state index < -0.39 is 19.2 Å². The van der Waals surface area contributed by atoms with Crippen molar-refractivity contribution in [3.8, 4) is 11.1 Å². The van der Waals surface area contributed by atoms with E-state index >= 15 is 0 Å². The highest BCUT2D eigenvalue weighted by atomic mass is 14.9. The van der Waals surface area contributed by atoms with Crippen LogP contribution in [0.1, 0.15) is 6.92 Å². The van der Waals surface area contributed by atoms with Gasteiger partial charge in [-0.1, -0.05) is 48.8 Å². The molecule has 0 N–H and O–H groups in total. The van der Waals surface area contributed by atoms with Crippen molar-refractivity contribution >= 4 is 76.6 Å². The van der Waals surface area contributed by atoms with Crippen LogP contribution in [-0.2, 0) is 7.05 Å². The number of rotatable bonds is 6. The number of aromatic nitrogens is 1. The van der Waals surface area contributed by atoms with Gasteiger partial charge in [-0.3, -0.25) is 0 Å². The molecular formula is C15H16B10N+. The summed E-state index contributed by atoms with van der Waals surface area (Å²) < 4.78 is 2.17. The SMILES string of the molecule is [B]B([B])B([B])B(B([B])[B])C1B(c2cc(-c3ccccc3)cc[n+]2C)C1C. The maximum Gasteiger partial charge on any atom is 0.256 e. The van der Waals surface area contributed by atoms with Gasteiger partial charge in [-0.05, 0) is 11.1 Å². The standard InChI is InChI=1S/C15H16B10N/c1-11-15(22(23(16)17)25(20)24(18)19)21(11)14-10-13(8-9-26(14)2)12-6-4-3-5-7-12/h3-11,15H,1-2H3/q+1. The van der Waals surface area contributed by atoms with E-state index in [0.29, 0.717) is 12.5 Å². The van der Waals surface area contributed by atoms with Crippen LogP contribution in [0.4, 0.5) is 0 Å². The predicted octanol–water partition coefficient (Wildman–Crippen LogP) is -1.27. The van der Waals surface area contributed by atoms with E-state index in [9.17, 15) is 0 Å². The number of benzene rings is 1. The summed E-state index contributed by atoms with van der Waals surface area (Å²) in [4.78, 5) is 0. The normalized spacial score (nSPS) is 18.3. The summed E-state index contributed by atoms with van der Waals surface area (Å²) in [5, 5.41) is 0. The maximum absolute atomic E-state index is 6.25. The smallest absolute Gasteiger partial charge is 0.215 e. The number of nitrogens with zero attached hydrogens (tertiary/aromatic N) is 1. The Morgan fingerprint density at radius 3 is 2.15 bits per heavy atom. The average molecular weight is 318 g/mol. The van der Waals surface area contributed by atoms with Crippen LogP contribution in [0.25, 0.3) is 11.1 Å².